The smallest absolute Gasteiger partial charge is 0.124 e. The maximum atomic E-state index is 6.25. The van der Waals surface area contributed by atoms with Crippen molar-refractivity contribution < 1.29 is 9.47 Å². The largest absolute Gasteiger partial charge is 0.496 e. The minimum Gasteiger partial charge on any atom is -0.496 e. The highest BCUT2D eigenvalue weighted by atomic mass is 35.5. The van der Waals surface area contributed by atoms with Gasteiger partial charge in [-0.1, -0.05) is 35.9 Å². The number of para-hydroxylation sites is 1. The fraction of sp³-hybridized carbons (Fsp3) is 0.294. The quantitative estimate of drug-likeness (QED) is 0.867. The fourth-order valence-corrected chi connectivity index (χ4v) is 2.52. The Bertz CT molecular complexity index is 601. The monoisotopic (exact) mass is 305 g/mol. The first-order chi connectivity index (χ1) is 10.2. The summed E-state index contributed by atoms with van der Waals surface area (Å²) < 4.78 is 10.8. The molecule has 0 amide bonds. The van der Waals surface area contributed by atoms with E-state index in [1.54, 1.807) is 14.2 Å². The summed E-state index contributed by atoms with van der Waals surface area (Å²) in [5.41, 5.74) is 2.08. The molecule has 0 radical (unpaired) electrons. The summed E-state index contributed by atoms with van der Waals surface area (Å²) in [5.74, 6) is 1.67. The summed E-state index contributed by atoms with van der Waals surface area (Å²) in [4.78, 5) is 0. The van der Waals surface area contributed by atoms with E-state index >= 15 is 0 Å². The Hall–Kier alpha value is -1.71. The van der Waals surface area contributed by atoms with E-state index in [0.29, 0.717) is 11.6 Å². The molecule has 1 atom stereocenters. The van der Waals surface area contributed by atoms with Gasteiger partial charge in [0.1, 0.15) is 11.5 Å². The second kappa shape index (κ2) is 7.34. The Balaban J connectivity index is 2.13. The summed E-state index contributed by atoms with van der Waals surface area (Å²) in [6.45, 7) is 2.73. The van der Waals surface area contributed by atoms with Crippen molar-refractivity contribution in [1.82, 2.24) is 5.32 Å². The van der Waals surface area contributed by atoms with Crippen molar-refractivity contribution in [3.05, 3.63) is 58.6 Å². The van der Waals surface area contributed by atoms with Gasteiger partial charge in [0.15, 0.2) is 0 Å². The normalized spacial score (nSPS) is 12.0. The summed E-state index contributed by atoms with van der Waals surface area (Å²) in [5, 5.41) is 4.16. The van der Waals surface area contributed by atoms with Gasteiger partial charge < -0.3 is 14.8 Å². The van der Waals surface area contributed by atoms with E-state index in [4.69, 9.17) is 21.1 Å². The van der Waals surface area contributed by atoms with Crippen LogP contribution in [0, 0.1) is 0 Å². The van der Waals surface area contributed by atoms with Gasteiger partial charge in [0.25, 0.3) is 0 Å². The third kappa shape index (κ3) is 3.69. The number of methoxy groups -OCH3 is 2. The second-order valence-corrected chi connectivity index (χ2v) is 5.17. The van der Waals surface area contributed by atoms with Crippen LogP contribution in [0.4, 0.5) is 0 Å². The summed E-state index contributed by atoms with van der Waals surface area (Å²) in [7, 11) is 3.33. The average molecular weight is 306 g/mol. The van der Waals surface area contributed by atoms with Crippen molar-refractivity contribution in [1.29, 1.82) is 0 Å². The van der Waals surface area contributed by atoms with Crippen LogP contribution in [0.5, 0.6) is 11.5 Å². The zero-order chi connectivity index (χ0) is 15.2. The molecule has 0 aliphatic rings. The molecule has 0 spiro atoms. The minimum absolute atomic E-state index is 0.141. The molecule has 112 valence electrons. The number of rotatable bonds is 6. The molecule has 0 bridgehead atoms. The van der Waals surface area contributed by atoms with E-state index in [-0.39, 0.29) is 6.04 Å². The molecule has 2 aromatic rings. The standard InChI is InChI=1S/C17H20ClNO2/c1-12(13-7-4-5-9-16(13)20-2)19-11-14-15(18)8-6-10-17(14)21-3/h4-10,12,19H,11H2,1-3H3/t12-/m1/s1. The van der Waals surface area contributed by atoms with Crippen molar-refractivity contribution in [3.63, 3.8) is 0 Å². The number of hydrogen-bond donors (Lipinski definition) is 1. The van der Waals surface area contributed by atoms with Gasteiger partial charge >= 0.3 is 0 Å². The Labute approximate surface area is 130 Å². The molecule has 2 rings (SSSR count). The van der Waals surface area contributed by atoms with Crippen LogP contribution in [0.15, 0.2) is 42.5 Å². The summed E-state index contributed by atoms with van der Waals surface area (Å²) >= 11 is 6.25. The Kier molecular flexibility index (Phi) is 5.48. The van der Waals surface area contributed by atoms with Crippen LogP contribution in [-0.2, 0) is 6.54 Å². The van der Waals surface area contributed by atoms with Crippen LogP contribution >= 0.6 is 11.6 Å². The lowest BCUT2D eigenvalue weighted by Crippen LogP contribution is -2.19. The van der Waals surface area contributed by atoms with Crippen molar-refractivity contribution in [3.8, 4) is 11.5 Å². The molecule has 0 saturated heterocycles. The Morgan fingerprint density at radius 3 is 2.38 bits per heavy atom. The number of halogens is 1. The molecule has 0 aromatic heterocycles. The van der Waals surface area contributed by atoms with E-state index in [1.807, 2.05) is 36.4 Å². The molecule has 2 aromatic carbocycles. The Morgan fingerprint density at radius 2 is 1.67 bits per heavy atom. The predicted molar refractivity (Wildman–Crippen MR) is 86.3 cm³/mol. The van der Waals surface area contributed by atoms with Gasteiger partial charge in [-0.15, -0.1) is 0 Å². The lowest BCUT2D eigenvalue weighted by Gasteiger charge is -2.18. The van der Waals surface area contributed by atoms with Crippen LogP contribution in [0.3, 0.4) is 0 Å². The molecule has 0 aliphatic heterocycles. The third-order valence-corrected chi connectivity index (χ3v) is 3.84. The topological polar surface area (TPSA) is 30.5 Å². The second-order valence-electron chi connectivity index (χ2n) is 4.77. The molecule has 0 unspecified atom stereocenters. The predicted octanol–water partition coefficient (Wildman–Crippen LogP) is 4.21. The first-order valence-corrected chi connectivity index (χ1v) is 7.22. The van der Waals surface area contributed by atoms with E-state index < -0.39 is 0 Å². The molecule has 0 fully saturated rings. The van der Waals surface area contributed by atoms with Crippen LogP contribution in [0.1, 0.15) is 24.1 Å². The molecule has 0 aliphatic carbocycles. The van der Waals surface area contributed by atoms with Crippen molar-refractivity contribution in [2.75, 3.05) is 14.2 Å². The SMILES string of the molecule is COc1ccccc1[C@@H](C)NCc1c(Cl)cccc1OC. The highest BCUT2D eigenvalue weighted by molar-refractivity contribution is 6.31. The molecule has 3 nitrogen and oxygen atoms in total. The van der Waals surface area contributed by atoms with Crippen LogP contribution < -0.4 is 14.8 Å². The first-order valence-electron chi connectivity index (χ1n) is 6.85. The van der Waals surface area contributed by atoms with Gasteiger partial charge in [-0.3, -0.25) is 0 Å². The molecular formula is C17H20ClNO2. The van der Waals surface area contributed by atoms with Crippen molar-refractivity contribution >= 4 is 11.6 Å². The van der Waals surface area contributed by atoms with Crippen molar-refractivity contribution in [2.45, 2.75) is 19.5 Å². The molecular weight excluding hydrogens is 286 g/mol. The van der Waals surface area contributed by atoms with E-state index in [1.165, 1.54) is 0 Å². The maximum Gasteiger partial charge on any atom is 0.124 e. The minimum atomic E-state index is 0.141. The van der Waals surface area contributed by atoms with Crippen LogP contribution in [0.25, 0.3) is 0 Å². The fourth-order valence-electron chi connectivity index (χ4n) is 2.29. The van der Waals surface area contributed by atoms with Gasteiger partial charge in [-0.25, -0.2) is 0 Å². The lowest BCUT2D eigenvalue weighted by molar-refractivity contribution is 0.397. The van der Waals surface area contributed by atoms with Gasteiger partial charge in [0, 0.05) is 28.7 Å². The zero-order valence-electron chi connectivity index (χ0n) is 12.5. The van der Waals surface area contributed by atoms with Gasteiger partial charge in [-0.2, -0.15) is 0 Å². The highest BCUT2D eigenvalue weighted by Gasteiger charge is 2.13. The molecule has 21 heavy (non-hydrogen) atoms. The zero-order valence-corrected chi connectivity index (χ0v) is 13.3. The first kappa shape index (κ1) is 15.7. The molecule has 0 heterocycles. The van der Waals surface area contributed by atoms with E-state index in [9.17, 15) is 0 Å². The summed E-state index contributed by atoms with van der Waals surface area (Å²) in [6, 6.07) is 13.8. The summed E-state index contributed by atoms with van der Waals surface area (Å²) in [6.07, 6.45) is 0. The van der Waals surface area contributed by atoms with Crippen molar-refractivity contribution in [2.24, 2.45) is 0 Å². The molecule has 4 heteroatoms. The van der Waals surface area contributed by atoms with Gasteiger partial charge in [0.05, 0.1) is 14.2 Å². The number of nitrogens with one attached hydrogen (secondary N) is 1. The number of hydrogen-bond acceptors (Lipinski definition) is 3. The highest BCUT2D eigenvalue weighted by Crippen LogP contribution is 2.28. The third-order valence-electron chi connectivity index (χ3n) is 3.49. The number of ether oxygens (including phenoxy) is 2. The van der Waals surface area contributed by atoms with Crippen LogP contribution in [-0.4, -0.2) is 14.2 Å². The molecule has 1 N–H and O–H groups in total. The number of benzene rings is 2. The van der Waals surface area contributed by atoms with E-state index in [2.05, 4.69) is 18.3 Å². The maximum absolute atomic E-state index is 6.25. The van der Waals surface area contributed by atoms with E-state index in [0.717, 1.165) is 22.6 Å². The Morgan fingerprint density at radius 1 is 1.00 bits per heavy atom. The van der Waals surface area contributed by atoms with Gasteiger partial charge in [-0.05, 0) is 25.1 Å². The average Bonchev–Trinajstić information content (AvgIpc) is 2.53. The van der Waals surface area contributed by atoms with Crippen LogP contribution in [0.2, 0.25) is 5.02 Å². The lowest BCUT2D eigenvalue weighted by atomic mass is 10.1. The molecule has 0 saturated carbocycles. The van der Waals surface area contributed by atoms with Gasteiger partial charge in [0.2, 0.25) is 0 Å².